The number of nitrogens with one attached hydrogen (secondary N) is 2. The topological polar surface area (TPSA) is 103 Å². The summed E-state index contributed by atoms with van der Waals surface area (Å²) in [6, 6.07) is 4.98. The average Bonchev–Trinajstić information content (AvgIpc) is 3.21. The molecule has 1 unspecified atom stereocenters. The van der Waals surface area contributed by atoms with E-state index in [0.717, 1.165) is 12.8 Å². The van der Waals surface area contributed by atoms with Gasteiger partial charge in [-0.1, -0.05) is 0 Å². The van der Waals surface area contributed by atoms with Crippen LogP contribution in [0.15, 0.2) is 47.5 Å². The SMILES string of the molecule is COc1cc(NC(=O)C(=O)NCC2CCC=CO2)ccc1-c1cnco1. The first kappa shape index (κ1) is 17.5. The molecule has 8 nitrogen and oxygen atoms in total. The molecule has 26 heavy (non-hydrogen) atoms. The van der Waals surface area contributed by atoms with Crippen molar-refractivity contribution in [3.05, 3.63) is 43.1 Å². The highest BCUT2D eigenvalue weighted by Crippen LogP contribution is 2.32. The van der Waals surface area contributed by atoms with Gasteiger partial charge in [-0.2, -0.15) is 0 Å². The summed E-state index contributed by atoms with van der Waals surface area (Å²) in [5.41, 5.74) is 1.12. The lowest BCUT2D eigenvalue weighted by molar-refractivity contribution is -0.136. The van der Waals surface area contributed by atoms with Crippen molar-refractivity contribution in [3.63, 3.8) is 0 Å². The van der Waals surface area contributed by atoms with Crippen molar-refractivity contribution in [2.75, 3.05) is 19.0 Å². The number of oxazole rings is 1. The van der Waals surface area contributed by atoms with E-state index in [1.807, 2.05) is 6.08 Å². The van der Waals surface area contributed by atoms with Gasteiger partial charge < -0.3 is 24.5 Å². The lowest BCUT2D eigenvalue weighted by Crippen LogP contribution is -2.40. The van der Waals surface area contributed by atoms with Gasteiger partial charge in [0.15, 0.2) is 12.2 Å². The molecular formula is C18H19N3O5. The zero-order chi connectivity index (χ0) is 18.4. The monoisotopic (exact) mass is 357 g/mol. The molecule has 1 atom stereocenters. The van der Waals surface area contributed by atoms with Crippen molar-refractivity contribution in [3.8, 4) is 17.1 Å². The molecule has 1 aliphatic rings. The Morgan fingerprint density at radius 3 is 2.92 bits per heavy atom. The number of methoxy groups -OCH3 is 1. The highest BCUT2D eigenvalue weighted by atomic mass is 16.5. The maximum Gasteiger partial charge on any atom is 0.313 e. The summed E-state index contributed by atoms with van der Waals surface area (Å²) in [6.45, 7) is 0.282. The quantitative estimate of drug-likeness (QED) is 0.795. The number of hydrogen-bond acceptors (Lipinski definition) is 6. The van der Waals surface area contributed by atoms with Crippen LogP contribution in [0.5, 0.6) is 5.75 Å². The van der Waals surface area contributed by atoms with E-state index >= 15 is 0 Å². The maximum atomic E-state index is 12.1. The molecule has 0 spiro atoms. The minimum Gasteiger partial charge on any atom is -0.497 e. The van der Waals surface area contributed by atoms with Crippen LogP contribution in [-0.4, -0.2) is 36.6 Å². The number of allylic oxidation sites excluding steroid dienone is 1. The summed E-state index contributed by atoms with van der Waals surface area (Å²) in [6.07, 6.45) is 8.00. The van der Waals surface area contributed by atoms with Crippen LogP contribution in [0.1, 0.15) is 12.8 Å². The first-order valence-electron chi connectivity index (χ1n) is 8.14. The van der Waals surface area contributed by atoms with Crippen molar-refractivity contribution in [1.29, 1.82) is 0 Å². The van der Waals surface area contributed by atoms with Gasteiger partial charge in [0.05, 0.1) is 31.7 Å². The van der Waals surface area contributed by atoms with E-state index in [9.17, 15) is 9.59 Å². The Morgan fingerprint density at radius 1 is 1.35 bits per heavy atom. The highest BCUT2D eigenvalue weighted by Gasteiger charge is 2.18. The fourth-order valence-corrected chi connectivity index (χ4v) is 2.53. The van der Waals surface area contributed by atoms with Crippen molar-refractivity contribution in [2.24, 2.45) is 0 Å². The van der Waals surface area contributed by atoms with Gasteiger partial charge in [0.2, 0.25) is 0 Å². The Balaban J connectivity index is 1.59. The molecule has 0 saturated heterocycles. The summed E-state index contributed by atoms with van der Waals surface area (Å²) in [5.74, 6) is -0.450. The van der Waals surface area contributed by atoms with Crippen LogP contribution >= 0.6 is 0 Å². The summed E-state index contributed by atoms with van der Waals surface area (Å²) in [5, 5.41) is 5.12. The van der Waals surface area contributed by atoms with Crippen LogP contribution in [0.2, 0.25) is 0 Å². The minimum atomic E-state index is -0.759. The number of amides is 2. The second-order valence-electron chi connectivity index (χ2n) is 5.65. The molecular weight excluding hydrogens is 338 g/mol. The molecule has 0 fully saturated rings. The van der Waals surface area contributed by atoms with Crippen molar-refractivity contribution >= 4 is 17.5 Å². The second kappa shape index (κ2) is 8.19. The van der Waals surface area contributed by atoms with Gasteiger partial charge in [0.1, 0.15) is 11.9 Å². The number of ether oxygens (including phenoxy) is 2. The molecule has 0 bridgehead atoms. The predicted molar refractivity (Wildman–Crippen MR) is 93.4 cm³/mol. The number of anilines is 1. The van der Waals surface area contributed by atoms with E-state index < -0.39 is 11.8 Å². The zero-order valence-electron chi connectivity index (χ0n) is 14.2. The van der Waals surface area contributed by atoms with Crippen LogP contribution in [0, 0.1) is 0 Å². The third-order valence-corrected chi connectivity index (χ3v) is 3.88. The molecule has 2 aromatic rings. The number of carbonyl (C=O) groups is 2. The predicted octanol–water partition coefficient (Wildman–Crippen LogP) is 2.10. The normalized spacial score (nSPS) is 15.8. The summed E-state index contributed by atoms with van der Waals surface area (Å²) >= 11 is 0. The van der Waals surface area contributed by atoms with Crippen LogP contribution in [0.3, 0.4) is 0 Å². The molecule has 2 amide bonds. The Morgan fingerprint density at radius 2 is 2.23 bits per heavy atom. The van der Waals surface area contributed by atoms with Crippen molar-refractivity contribution in [2.45, 2.75) is 18.9 Å². The Labute approximate surface area is 150 Å². The molecule has 8 heteroatoms. The molecule has 1 aliphatic heterocycles. The Bertz CT molecular complexity index is 801. The first-order chi connectivity index (χ1) is 12.7. The van der Waals surface area contributed by atoms with E-state index in [4.69, 9.17) is 13.9 Å². The number of rotatable bonds is 5. The molecule has 1 aromatic heterocycles. The number of nitrogens with zero attached hydrogens (tertiary/aromatic N) is 1. The van der Waals surface area contributed by atoms with Gasteiger partial charge in [-0.25, -0.2) is 4.98 Å². The van der Waals surface area contributed by atoms with E-state index in [0.29, 0.717) is 22.8 Å². The molecule has 0 aliphatic carbocycles. The van der Waals surface area contributed by atoms with E-state index in [1.165, 1.54) is 13.5 Å². The second-order valence-corrected chi connectivity index (χ2v) is 5.65. The van der Waals surface area contributed by atoms with Gasteiger partial charge in [0, 0.05) is 11.8 Å². The number of aromatic nitrogens is 1. The molecule has 0 radical (unpaired) electrons. The number of carbonyl (C=O) groups excluding carboxylic acids is 2. The van der Waals surface area contributed by atoms with Crippen LogP contribution in [-0.2, 0) is 14.3 Å². The smallest absolute Gasteiger partial charge is 0.313 e. The Kier molecular flexibility index (Phi) is 5.52. The van der Waals surface area contributed by atoms with Gasteiger partial charge in [-0.3, -0.25) is 9.59 Å². The highest BCUT2D eigenvalue weighted by molar-refractivity contribution is 6.39. The molecule has 0 saturated carbocycles. The first-order valence-corrected chi connectivity index (χ1v) is 8.14. The van der Waals surface area contributed by atoms with Crippen LogP contribution in [0.4, 0.5) is 5.69 Å². The van der Waals surface area contributed by atoms with E-state index in [2.05, 4.69) is 15.6 Å². The molecule has 1 aromatic carbocycles. The third kappa shape index (κ3) is 4.21. The zero-order valence-corrected chi connectivity index (χ0v) is 14.2. The maximum absolute atomic E-state index is 12.1. The largest absolute Gasteiger partial charge is 0.497 e. The fourth-order valence-electron chi connectivity index (χ4n) is 2.53. The van der Waals surface area contributed by atoms with Gasteiger partial charge >= 0.3 is 11.8 Å². The molecule has 2 heterocycles. The van der Waals surface area contributed by atoms with E-state index in [1.54, 1.807) is 30.7 Å². The summed E-state index contributed by atoms with van der Waals surface area (Å²) in [7, 11) is 1.51. The van der Waals surface area contributed by atoms with Crippen LogP contribution in [0.25, 0.3) is 11.3 Å². The average molecular weight is 357 g/mol. The van der Waals surface area contributed by atoms with E-state index in [-0.39, 0.29) is 12.6 Å². The minimum absolute atomic E-state index is 0.113. The summed E-state index contributed by atoms with van der Waals surface area (Å²) < 4.78 is 15.9. The van der Waals surface area contributed by atoms with Crippen molar-refractivity contribution < 1.29 is 23.5 Å². The summed E-state index contributed by atoms with van der Waals surface area (Å²) in [4.78, 5) is 27.9. The molecule has 2 N–H and O–H groups in total. The van der Waals surface area contributed by atoms with Gasteiger partial charge in [-0.15, -0.1) is 0 Å². The molecule has 3 rings (SSSR count). The van der Waals surface area contributed by atoms with Crippen LogP contribution < -0.4 is 15.4 Å². The Hall–Kier alpha value is -3.29. The van der Waals surface area contributed by atoms with Gasteiger partial charge in [-0.05, 0) is 31.1 Å². The fraction of sp³-hybridized carbons (Fsp3) is 0.278. The van der Waals surface area contributed by atoms with Crippen molar-refractivity contribution in [1.82, 2.24) is 10.3 Å². The number of hydrogen-bond donors (Lipinski definition) is 2. The standard InChI is InChI=1S/C18H19N3O5/c1-24-15-8-12(5-6-14(15)16-10-19-11-26-16)21-18(23)17(22)20-9-13-4-2-3-7-25-13/h3,5-8,10-11,13H,2,4,9H2,1H3,(H,20,22)(H,21,23). The molecule has 136 valence electrons. The number of benzene rings is 1. The lowest BCUT2D eigenvalue weighted by Gasteiger charge is -2.19. The lowest BCUT2D eigenvalue weighted by atomic mass is 10.1. The third-order valence-electron chi connectivity index (χ3n) is 3.88. The van der Waals surface area contributed by atoms with Gasteiger partial charge in [0.25, 0.3) is 0 Å².